The minimum atomic E-state index is -0.247. The highest BCUT2D eigenvalue weighted by molar-refractivity contribution is 5.83. The Bertz CT molecular complexity index is 1150. The van der Waals surface area contributed by atoms with E-state index in [0.717, 1.165) is 24.2 Å². The first-order chi connectivity index (χ1) is 14.7. The molecule has 0 unspecified atom stereocenters. The summed E-state index contributed by atoms with van der Waals surface area (Å²) in [7, 11) is 0. The fourth-order valence-corrected chi connectivity index (χ4v) is 4.41. The van der Waals surface area contributed by atoms with Crippen molar-refractivity contribution in [1.29, 1.82) is 0 Å². The first-order valence-electron chi connectivity index (χ1n) is 10.6. The topological polar surface area (TPSA) is 72.1 Å². The largest absolute Gasteiger partial charge is 0.507 e. The second-order valence-electron chi connectivity index (χ2n) is 8.63. The van der Waals surface area contributed by atoms with E-state index in [4.69, 9.17) is 13.9 Å². The van der Waals surface area contributed by atoms with Crippen LogP contribution in [0.4, 0.5) is 0 Å². The summed E-state index contributed by atoms with van der Waals surface area (Å²) in [4.78, 5) is 15.5. The molecule has 2 heterocycles. The van der Waals surface area contributed by atoms with Crippen LogP contribution in [0.2, 0.25) is 0 Å². The summed E-state index contributed by atoms with van der Waals surface area (Å²) in [5, 5.41) is 11.0. The maximum Gasteiger partial charge on any atom is 0.235 e. The van der Waals surface area contributed by atoms with Crippen molar-refractivity contribution in [3.05, 3.63) is 63.0 Å². The standard InChI is InChI=1S/C25H29NO5/c1-14-8-15(2)10-19(9-14)31-24-18(5)30-25-20(23(24)28)6-7-22(27)21(25)13-26-11-16(3)29-17(4)12-26/h6-10,16-17,27H,11-13H2,1-5H3/t16-,17-/m0/s1. The molecule has 4 rings (SSSR count). The molecule has 2 atom stereocenters. The monoisotopic (exact) mass is 423 g/mol. The fourth-order valence-electron chi connectivity index (χ4n) is 4.41. The van der Waals surface area contributed by atoms with Crippen LogP contribution >= 0.6 is 0 Å². The summed E-state index contributed by atoms with van der Waals surface area (Å²) in [5.41, 5.74) is 2.87. The average molecular weight is 424 g/mol. The maximum atomic E-state index is 13.3. The van der Waals surface area contributed by atoms with E-state index in [9.17, 15) is 9.90 Å². The van der Waals surface area contributed by atoms with Gasteiger partial charge >= 0.3 is 0 Å². The number of aryl methyl sites for hydroxylation is 3. The second-order valence-corrected chi connectivity index (χ2v) is 8.63. The van der Waals surface area contributed by atoms with E-state index < -0.39 is 0 Å². The van der Waals surface area contributed by atoms with Crippen LogP contribution in [-0.2, 0) is 11.3 Å². The zero-order valence-electron chi connectivity index (χ0n) is 18.7. The van der Waals surface area contributed by atoms with Crippen molar-refractivity contribution in [2.24, 2.45) is 0 Å². The Morgan fingerprint density at radius 2 is 1.71 bits per heavy atom. The highest BCUT2D eigenvalue weighted by Gasteiger charge is 2.25. The van der Waals surface area contributed by atoms with Gasteiger partial charge in [0.05, 0.1) is 23.2 Å². The number of phenolic OH excluding ortho intramolecular Hbond substituents is 1. The van der Waals surface area contributed by atoms with Crippen LogP contribution in [0.1, 0.15) is 36.3 Å². The quantitative estimate of drug-likeness (QED) is 0.648. The summed E-state index contributed by atoms with van der Waals surface area (Å²) in [6, 6.07) is 8.97. The molecular formula is C25H29NO5. The van der Waals surface area contributed by atoms with E-state index in [1.54, 1.807) is 19.1 Å². The normalized spacial score (nSPS) is 19.6. The van der Waals surface area contributed by atoms with Crippen molar-refractivity contribution in [2.75, 3.05) is 13.1 Å². The van der Waals surface area contributed by atoms with Crippen LogP contribution in [0.25, 0.3) is 11.0 Å². The number of benzene rings is 2. The van der Waals surface area contributed by atoms with Crippen molar-refractivity contribution in [3.8, 4) is 17.2 Å². The number of ether oxygens (including phenoxy) is 2. The van der Waals surface area contributed by atoms with Gasteiger partial charge in [0, 0.05) is 19.6 Å². The third kappa shape index (κ3) is 4.45. The smallest absolute Gasteiger partial charge is 0.235 e. The molecule has 0 bridgehead atoms. The van der Waals surface area contributed by atoms with Gasteiger partial charge in [-0.1, -0.05) is 6.07 Å². The maximum absolute atomic E-state index is 13.3. The first-order valence-corrected chi connectivity index (χ1v) is 10.6. The molecule has 6 heteroatoms. The number of rotatable bonds is 4. The molecule has 31 heavy (non-hydrogen) atoms. The van der Waals surface area contributed by atoms with Gasteiger partial charge in [-0.05, 0) is 70.0 Å². The van der Waals surface area contributed by atoms with Gasteiger partial charge < -0.3 is 19.0 Å². The molecule has 1 aromatic heterocycles. The van der Waals surface area contributed by atoms with Crippen molar-refractivity contribution in [2.45, 2.75) is 53.4 Å². The predicted octanol–water partition coefficient (Wildman–Crippen LogP) is 4.83. The lowest BCUT2D eigenvalue weighted by Crippen LogP contribution is -2.44. The van der Waals surface area contributed by atoms with Gasteiger partial charge in [0.2, 0.25) is 11.2 Å². The molecule has 6 nitrogen and oxygen atoms in total. The van der Waals surface area contributed by atoms with Crippen molar-refractivity contribution in [1.82, 2.24) is 4.90 Å². The van der Waals surface area contributed by atoms with Gasteiger partial charge in [0.1, 0.15) is 22.8 Å². The third-order valence-corrected chi connectivity index (χ3v) is 5.55. The summed E-state index contributed by atoms with van der Waals surface area (Å²) >= 11 is 0. The molecule has 0 spiro atoms. The molecule has 1 saturated heterocycles. The first kappa shape index (κ1) is 21.4. The Labute approximate surface area is 182 Å². The predicted molar refractivity (Wildman–Crippen MR) is 120 cm³/mol. The van der Waals surface area contributed by atoms with Crippen molar-refractivity contribution < 1.29 is 19.0 Å². The SMILES string of the molecule is Cc1cc(C)cc(Oc2c(C)oc3c(CN4C[C@H](C)O[C@@H](C)C4)c(O)ccc3c2=O)c1. The lowest BCUT2D eigenvalue weighted by atomic mass is 10.1. The highest BCUT2D eigenvalue weighted by atomic mass is 16.5. The van der Waals surface area contributed by atoms with Gasteiger partial charge in [0.15, 0.2) is 0 Å². The van der Waals surface area contributed by atoms with E-state index in [1.165, 1.54) is 0 Å². The molecule has 1 N–H and O–H groups in total. The number of nitrogens with zero attached hydrogens (tertiary/aromatic N) is 1. The number of aromatic hydroxyl groups is 1. The number of fused-ring (bicyclic) bond motifs is 1. The third-order valence-electron chi connectivity index (χ3n) is 5.55. The molecule has 1 aliphatic heterocycles. The van der Waals surface area contributed by atoms with Crippen molar-refractivity contribution >= 4 is 11.0 Å². The van der Waals surface area contributed by atoms with E-state index in [0.29, 0.717) is 34.6 Å². The summed E-state index contributed by atoms with van der Waals surface area (Å²) in [6.07, 6.45) is 0.208. The molecule has 0 aliphatic carbocycles. The summed E-state index contributed by atoms with van der Waals surface area (Å²) in [6.45, 7) is 11.7. The molecule has 2 aromatic carbocycles. The van der Waals surface area contributed by atoms with Crippen LogP contribution < -0.4 is 10.2 Å². The van der Waals surface area contributed by atoms with Gasteiger partial charge in [0.25, 0.3) is 0 Å². The van der Waals surface area contributed by atoms with Gasteiger partial charge in [-0.3, -0.25) is 9.69 Å². The Hall–Kier alpha value is -2.83. The zero-order valence-corrected chi connectivity index (χ0v) is 18.7. The molecule has 3 aromatic rings. The Morgan fingerprint density at radius 1 is 1.06 bits per heavy atom. The van der Waals surface area contributed by atoms with Gasteiger partial charge in [-0.15, -0.1) is 0 Å². The van der Waals surface area contributed by atoms with Crippen LogP contribution in [-0.4, -0.2) is 35.3 Å². The number of phenols is 1. The zero-order chi connectivity index (χ0) is 22.3. The van der Waals surface area contributed by atoms with E-state index in [2.05, 4.69) is 4.90 Å². The van der Waals surface area contributed by atoms with E-state index >= 15 is 0 Å². The molecule has 0 amide bonds. The summed E-state index contributed by atoms with van der Waals surface area (Å²) in [5.74, 6) is 1.27. The van der Waals surface area contributed by atoms with Gasteiger partial charge in [-0.2, -0.15) is 0 Å². The van der Waals surface area contributed by atoms with Crippen LogP contribution in [0.15, 0.2) is 39.5 Å². The van der Waals surface area contributed by atoms with Crippen LogP contribution in [0.5, 0.6) is 17.2 Å². The van der Waals surface area contributed by atoms with E-state index in [1.807, 2.05) is 45.9 Å². The highest BCUT2D eigenvalue weighted by Crippen LogP contribution is 2.32. The molecular weight excluding hydrogens is 394 g/mol. The lowest BCUT2D eigenvalue weighted by Gasteiger charge is -2.35. The molecule has 0 radical (unpaired) electrons. The van der Waals surface area contributed by atoms with Crippen LogP contribution in [0.3, 0.4) is 0 Å². The summed E-state index contributed by atoms with van der Waals surface area (Å²) < 4.78 is 17.8. The number of hydrogen-bond donors (Lipinski definition) is 1. The molecule has 1 aliphatic rings. The molecule has 0 saturated carbocycles. The Balaban J connectivity index is 1.75. The van der Waals surface area contributed by atoms with Gasteiger partial charge in [-0.25, -0.2) is 0 Å². The van der Waals surface area contributed by atoms with Crippen molar-refractivity contribution in [3.63, 3.8) is 0 Å². The number of hydrogen-bond acceptors (Lipinski definition) is 6. The average Bonchev–Trinajstić information content (AvgIpc) is 2.66. The Kier molecular flexibility index (Phi) is 5.77. The minimum absolute atomic E-state index is 0.104. The number of morpholine rings is 1. The molecule has 164 valence electrons. The lowest BCUT2D eigenvalue weighted by molar-refractivity contribution is -0.0705. The second kappa shape index (κ2) is 8.36. The molecule has 1 fully saturated rings. The van der Waals surface area contributed by atoms with E-state index in [-0.39, 0.29) is 29.1 Å². The Morgan fingerprint density at radius 3 is 2.35 bits per heavy atom. The fraction of sp³-hybridized carbons (Fsp3) is 0.400. The minimum Gasteiger partial charge on any atom is -0.507 e. The van der Waals surface area contributed by atoms with Crippen LogP contribution in [0, 0.1) is 20.8 Å².